The lowest BCUT2D eigenvalue weighted by atomic mass is 9.97. The van der Waals surface area contributed by atoms with Crippen molar-refractivity contribution in [2.75, 3.05) is 4.72 Å². The van der Waals surface area contributed by atoms with Crippen LogP contribution < -0.4 is 10.0 Å². The van der Waals surface area contributed by atoms with Gasteiger partial charge in [0.25, 0.3) is 15.9 Å². The fraction of sp³-hybridized carbons (Fsp3) is 0.107. The van der Waals surface area contributed by atoms with Gasteiger partial charge in [-0.1, -0.05) is 84.4 Å². The van der Waals surface area contributed by atoms with Gasteiger partial charge in [0, 0.05) is 5.56 Å². The topological polar surface area (TPSA) is 75.3 Å². The van der Waals surface area contributed by atoms with Crippen LogP contribution >= 0.6 is 0 Å². The first-order valence-electron chi connectivity index (χ1n) is 10.9. The monoisotopic (exact) mass is 470 g/mol. The second kappa shape index (κ2) is 9.93. The molecule has 2 N–H and O–H groups in total. The molecule has 0 aliphatic rings. The highest BCUT2D eigenvalue weighted by Gasteiger charge is 2.21. The first-order chi connectivity index (χ1) is 16.3. The van der Waals surface area contributed by atoms with E-state index >= 15 is 0 Å². The van der Waals surface area contributed by atoms with Crippen molar-refractivity contribution in [2.24, 2.45) is 0 Å². The molecule has 0 spiro atoms. The second-order valence-corrected chi connectivity index (χ2v) is 9.81. The van der Waals surface area contributed by atoms with Crippen molar-refractivity contribution in [3.8, 4) is 0 Å². The molecular weight excluding hydrogens is 444 g/mol. The minimum Gasteiger partial charge on any atom is -0.341 e. The Bertz CT molecular complexity index is 1390. The third-order valence-electron chi connectivity index (χ3n) is 5.70. The van der Waals surface area contributed by atoms with E-state index < -0.39 is 10.0 Å². The number of sulfonamides is 1. The summed E-state index contributed by atoms with van der Waals surface area (Å²) in [6.07, 6.45) is 0. The van der Waals surface area contributed by atoms with Crippen LogP contribution in [0.5, 0.6) is 0 Å². The molecule has 1 amide bonds. The number of rotatable bonds is 7. The van der Waals surface area contributed by atoms with Gasteiger partial charge in [-0.2, -0.15) is 0 Å². The van der Waals surface area contributed by atoms with Crippen molar-refractivity contribution in [3.05, 3.63) is 131 Å². The van der Waals surface area contributed by atoms with Crippen molar-refractivity contribution in [2.45, 2.75) is 24.8 Å². The molecule has 0 aliphatic carbocycles. The Morgan fingerprint density at radius 1 is 0.706 bits per heavy atom. The van der Waals surface area contributed by atoms with Crippen LogP contribution in [-0.4, -0.2) is 14.3 Å². The zero-order chi connectivity index (χ0) is 24.1. The van der Waals surface area contributed by atoms with E-state index in [0.29, 0.717) is 16.8 Å². The van der Waals surface area contributed by atoms with Gasteiger partial charge in [0.15, 0.2) is 0 Å². The van der Waals surface area contributed by atoms with E-state index in [9.17, 15) is 13.2 Å². The number of hydrogen-bond donors (Lipinski definition) is 2. The van der Waals surface area contributed by atoms with E-state index in [1.54, 1.807) is 43.3 Å². The molecule has 1 atom stereocenters. The SMILES string of the molecule is Cc1ccc([C@H](NC(=O)c2cccc(NS(=O)(=O)c3ccccc3)c2C)c2ccccc2)cc1. The lowest BCUT2D eigenvalue weighted by Crippen LogP contribution is -2.30. The van der Waals surface area contributed by atoms with Crippen molar-refractivity contribution in [1.82, 2.24) is 5.32 Å². The molecule has 0 fully saturated rings. The Morgan fingerprint density at radius 3 is 1.94 bits per heavy atom. The van der Waals surface area contributed by atoms with Crippen LogP contribution in [0.15, 0.2) is 108 Å². The Balaban J connectivity index is 1.64. The van der Waals surface area contributed by atoms with E-state index in [1.165, 1.54) is 12.1 Å². The zero-order valence-corrected chi connectivity index (χ0v) is 19.8. The lowest BCUT2D eigenvalue weighted by Gasteiger charge is -2.21. The van der Waals surface area contributed by atoms with Crippen molar-refractivity contribution >= 4 is 21.6 Å². The molecule has 0 heterocycles. The van der Waals surface area contributed by atoms with Crippen LogP contribution in [0.4, 0.5) is 5.69 Å². The smallest absolute Gasteiger partial charge is 0.261 e. The van der Waals surface area contributed by atoms with Gasteiger partial charge in [-0.25, -0.2) is 8.42 Å². The highest BCUT2D eigenvalue weighted by atomic mass is 32.2. The molecule has 0 unspecified atom stereocenters. The maximum absolute atomic E-state index is 13.4. The second-order valence-electron chi connectivity index (χ2n) is 8.12. The summed E-state index contributed by atoms with van der Waals surface area (Å²) in [4.78, 5) is 13.5. The molecule has 4 rings (SSSR count). The number of hydrogen-bond acceptors (Lipinski definition) is 3. The molecule has 6 heteroatoms. The maximum atomic E-state index is 13.4. The van der Waals surface area contributed by atoms with Gasteiger partial charge < -0.3 is 5.32 Å². The molecule has 172 valence electrons. The number of carbonyl (C=O) groups excluding carboxylic acids is 1. The number of carbonyl (C=O) groups is 1. The van der Waals surface area contributed by atoms with Gasteiger partial charge in [-0.05, 0) is 54.8 Å². The Kier molecular flexibility index (Phi) is 6.80. The van der Waals surface area contributed by atoms with E-state index in [4.69, 9.17) is 0 Å². The summed E-state index contributed by atoms with van der Waals surface area (Å²) in [5, 5.41) is 3.13. The Hall–Kier alpha value is -3.90. The fourth-order valence-electron chi connectivity index (χ4n) is 3.77. The molecular formula is C28H26N2O3S. The summed E-state index contributed by atoms with van der Waals surface area (Å²) in [5.41, 5.74) is 4.37. The largest absolute Gasteiger partial charge is 0.341 e. The van der Waals surface area contributed by atoms with Crippen LogP contribution in [-0.2, 0) is 10.0 Å². The highest BCUT2D eigenvalue weighted by Crippen LogP contribution is 2.26. The number of benzene rings is 4. The minimum atomic E-state index is -3.77. The van der Waals surface area contributed by atoms with Gasteiger partial charge in [0.2, 0.25) is 0 Å². The summed E-state index contributed by atoms with van der Waals surface area (Å²) in [6.45, 7) is 3.76. The van der Waals surface area contributed by atoms with Crippen LogP contribution in [0.3, 0.4) is 0 Å². The summed E-state index contributed by atoms with van der Waals surface area (Å²) >= 11 is 0. The van der Waals surface area contributed by atoms with Crippen LogP contribution in [0.1, 0.15) is 38.7 Å². The van der Waals surface area contributed by atoms with Crippen molar-refractivity contribution < 1.29 is 13.2 Å². The Labute approximate surface area is 200 Å². The fourth-order valence-corrected chi connectivity index (χ4v) is 4.91. The minimum absolute atomic E-state index is 0.160. The molecule has 0 aromatic heterocycles. The average Bonchev–Trinajstić information content (AvgIpc) is 2.85. The first-order valence-corrected chi connectivity index (χ1v) is 12.4. The van der Waals surface area contributed by atoms with Gasteiger partial charge >= 0.3 is 0 Å². The van der Waals surface area contributed by atoms with Gasteiger partial charge in [0.05, 0.1) is 16.6 Å². The predicted molar refractivity (Wildman–Crippen MR) is 135 cm³/mol. The molecule has 0 radical (unpaired) electrons. The Morgan fingerprint density at radius 2 is 1.29 bits per heavy atom. The molecule has 4 aromatic carbocycles. The number of anilines is 1. The maximum Gasteiger partial charge on any atom is 0.261 e. The van der Waals surface area contributed by atoms with Crippen LogP contribution in [0.2, 0.25) is 0 Å². The third-order valence-corrected chi connectivity index (χ3v) is 7.08. The number of nitrogens with one attached hydrogen (secondary N) is 2. The molecule has 0 saturated carbocycles. The molecule has 5 nitrogen and oxygen atoms in total. The number of aryl methyl sites for hydroxylation is 1. The summed E-state index contributed by atoms with van der Waals surface area (Å²) in [6, 6.07) is 30.6. The van der Waals surface area contributed by atoms with Crippen LogP contribution in [0, 0.1) is 13.8 Å². The number of amides is 1. The standard InChI is InChI=1S/C28H26N2O3S/c1-20-16-18-23(19-17-20)27(22-10-5-3-6-11-22)29-28(31)25-14-9-15-26(21(25)2)30-34(32,33)24-12-7-4-8-13-24/h3-19,27,30H,1-2H3,(H,29,31)/t27-/m1/s1. The first kappa shape index (κ1) is 23.3. The summed E-state index contributed by atoms with van der Waals surface area (Å²) in [5.74, 6) is -0.285. The molecule has 34 heavy (non-hydrogen) atoms. The zero-order valence-electron chi connectivity index (χ0n) is 19.0. The van der Waals surface area contributed by atoms with Crippen molar-refractivity contribution in [1.29, 1.82) is 0 Å². The van der Waals surface area contributed by atoms with E-state index in [2.05, 4.69) is 10.0 Å². The van der Waals surface area contributed by atoms with E-state index in [1.807, 2.05) is 61.5 Å². The predicted octanol–water partition coefficient (Wildman–Crippen LogP) is 5.62. The normalized spacial score (nSPS) is 12.1. The highest BCUT2D eigenvalue weighted by molar-refractivity contribution is 7.92. The molecule has 0 saturated heterocycles. The quantitative estimate of drug-likeness (QED) is 0.368. The van der Waals surface area contributed by atoms with Crippen LogP contribution in [0.25, 0.3) is 0 Å². The molecule has 0 bridgehead atoms. The third kappa shape index (κ3) is 5.18. The summed E-state index contributed by atoms with van der Waals surface area (Å²) in [7, 11) is -3.77. The van der Waals surface area contributed by atoms with Gasteiger partial charge in [-0.3, -0.25) is 9.52 Å². The van der Waals surface area contributed by atoms with E-state index in [-0.39, 0.29) is 16.8 Å². The lowest BCUT2D eigenvalue weighted by molar-refractivity contribution is 0.0942. The van der Waals surface area contributed by atoms with E-state index in [0.717, 1.165) is 16.7 Å². The van der Waals surface area contributed by atoms with Gasteiger partial charge in [0.1, 0.15) is 0 Å². The van der Waals surface area contributed by atoms with Gasteiger partial charge in [-0.15, -0.1) is 0 Å². The summed E-state index contributed by atoms with van der Waals surface area (Å²) < 4.78 is 28.2. The average molecular weight is 471 g/mol. The molecule has 0 aliphatic heterocycles. The van der Waals surface area contributed by atoms with Crippen molar-refractivity contribution in [3.63, 3.8) is 0 Å². The molecule has 4 aromatic rings.